The van der Waals surface area contributed by atoms with Crippen LogP contribution in [0.15, 0.2) is 48.7 Å². The number of β-lactam (4-membered cyclic amide) rings is 1. The van der Waals surface area contributed by atoms with Crippen LogP contribution in [0.3, 0.4) is 0 Å². The second-order valence-corrected chi connectivity index (χ2v) is 9.42. The smallest absolute Gasteiger partial charge is 0.325 e. The normalized spacial score (nSPS) is 21.5. The average Bonchev–Trinajstić information content (AvgIpc) is 2.85. The summed E-state index contributed by atoms with van der Waals surface area (Å²) in [6, 6.07) is 11.3. The Hall–Kier alpha value is -3.42. The number of carbonyl (C=O) groups is 3. The summed E-state index contributed by atoms with van der Waals surface area (Å²) < 4.78 is 0. The molecule has 2 fully saturated rings. The molecule has 8 heteroatoms. The second-order valence-electron chi connectivity index (χ2n) is 9.42. The van der Waals surface area contributed by atoms with E-state index < -0.39 is 18.0 Å². The molecule has 3 atom stereocenters. The van der Waals surface area contributed by atoms with Crippen LogP contribution in [0.25, 0.3) is 0 Å². The zero-order valence-electron chi connectivity index (χ0n) is 19.8. The van der Waals surface area contributed by atoms with E-state index in [-0.39, 0.29) is 17.9 Å². The van der Waals surface area contributed by atoms with E-state index in [9.17, 15) is 14.4 Å². The number of nitrogens with zero attached hydrogens (tertiary/aromatic N) is 3. The van der Waals surface area contributed by atoms with Crippen molar-refractivity contribution in [2.24, 2.45) is 11.8 Å². The van der Waals surface area contributed by atoms with Gasteiger partial charge in [-0.3, -0.25) is 14.5 Å². The van der Waals surface area contributed by atoms with Gasteiger partial charge in [-0.1, -0.05) is 37.5 Å². The van der Waals surface area contributed by atoms with Crippen LogP contribution < -0.4 is 16.0 Å². The molecule has 180 valence electrons. The van der Waals surface area contributed by atoms with Gasteiger partial charge >= 0.3 is 6.03 Å². The Morgan fingerprint density at radius 3 is 2.56 bits per heavy atom. The highest BCUT2D eigenvalue weighted by Crippen LogP contribution is 2.33. The van der Waals surface area contributed by atoms with Crippen molar-refractivity contribution < 1.29 is 14.4 Å². The highest BCUT2D eigenvalue weighted by molar-refractivity contribution is 6.12. The van der Waals surface area contributed by atoms with Crippen LogP contribution in [-0.4, -0.2) is 46.9 Å². The number of likely N-dealkylation sites (tertiary alicyclic amines) is 1. The Labute approximate surface area is 200 Å². The number of benzene rings is 1. The van der Waals surface area contributed by atoms with Crippen LogP contribution in [0.4, 0.5) is 16.3 Å². The number of para-hydroxylation sites is 1. The quantitative estimate of drug-likeness (QED) is 0.639. The average molecular weight is 464 g/mol. The lowest BCUT2D eigenvalue weighted by Gasteiger charge is -2.46. The zero-order chi connectivity index (χ0) is 24.2. The topological polar surface area (TPSA) is 109 Å². The van der Waals surface area contributed by atoms with Gasteiger partial charge < -0.3 is 16.0 Å². The fraction of sp³-hybridized carbons (Fsp3) is 0.462. The van der Waals surface area contributed by atoms with Crippen molar-refractivity contribution in [3.05, 3.63) is 54.2 Å². The van der Waals surface area contributed by atoms with Crippen molar-refractivity contribution in [3.63, 3.8) is 0 Å². The first-order chi connectivity index (χ1) is 16.4. The van der Waals surface area contributed by atoms with E-state index in [2.05, 4.69) is 10.3 Å². The first-order valence-corrected chi connectivity index (χ1v) is 12.0. The minimum absolute atomic E-state index is 0.0535. The molecule has 0 radical (unpaired) electrons. The summed E-state index contributed by atoms with van der Waals surface area (Å²) in [6.07, 6.45) is 7.58. The Bertz CT molecular complexity index is 1040. The van der Waals surface area contributed by atoms with Gasteiger partial charge in [-0.25, -0.2) is 9.78 Å². The molecule has 1 aliphatic carbocycles. The van der Waals surface area contributed by atoms with Gasteiger partial charge in [-0.05, 0) is 61.9 Å². The molecule has 34 heavy (non-hydrogen) atoms. The summed E-state index contributed by atoms with van der Waals surface area (Å²) in [7, 11) is 1.67. The van der Waals surface area contributed by atoms with Crippen molar-refractivity contribution in [2.75, 3.05) is 17.7 Å². The molecule has 1 aromatic heterocycles. The lowest BCUT2D eigenvalue weighted by atomic mass is 9.81. The summed E-state index contributed by atoms with van der Waals surface area (Å²) in [6.45, 7) is 1.99. The Morgan fingerprint density at radius 2 is 1.88 bits per heavy atom. The van der Waals surface area contributed by atoms with E-state index in [1.165, 1.54) is 11.3 Å². The van der Waals surface area contributed by atoms with Gasteiger partial charge in [0.15, 0.2) is 0 Å². The molecular weight excluding hydrogens is 430 g/mol. The molecule has 8 nitrogen and oxygen atoms in total. The first-order valence-electron chi connectivity index (χ1n) is 12.0. The third kappa shape index (κ3) is 4.90. The molecule has 3 N–H and O–H groups in total. The SMILES string of the molecule is CC(NC(=O)N1C(=O)[C@H](Cc2ccnc(N)c2)C1C(=O)N(C)c1ccccc1)C1CCCCC1. The molecule has 4 rings (SSSR count). The Kier molecular flexibility index (Phi) is 7.14. The van der Waals surface area contributed by atoms with Gasteiger partial charge in [-0.2, -0.15) is 0 Å². The molecule has 2 aliphatic rings. The number of carbonyl (C=O) groups excluding carboxylic acids is 3. The Morgan fingerprint density at radius 1 is 1.18 bits per heavy atom. The van der Waals surface area contributed by atoms with E-state index in [4.69, 9.17) is 5.73 Å². The van der Waals surface area contributed by atoms with Gasteiger partial charge in [0.1, 0.15) is 11.9 Å². The number of nitrogens with one attached hydrogen (secondary N) is 1. The highest BCUT2D eigenvalue weighted by atomic mass is 16.2. The van der Waals surface area contributed by atoms with Crippen molar-refractivity contribution in [3.8, 4) is 0 Å². The van der Waals surface area contributed by atoms with Crippen molar-refractivity contribution >= 4 is 29.4 Å². The molecule has 1 saturated carbocycles. The van der Waals surface area contributed by atoms with Gasteiger partial charge in [0, 0.05) is 25.0 Å². The van der Waals surface area contributed by atoms with Crippen molar-refractivity contribution in [1.29, 1.82) is 0 Å². The number of nitrogen functional groups attached to an aromatic ring is 1. The minimum atomic E-state index is -0.884. The number of imide groups is 1. The number of hydrogen-bond donors (Lipinski definition) is 2. The minimum Gasteiger partial charge on any atom is -0.384 e. The molecule has 1 aliphatic heterocycles. The van der Waals surface area contributed by atoms with E-state index in [1.807, 2.05) is 37.3 Å². The lowest BCUT2D eigenvalue weighted by Crippen LogP contribution is -2.71. The number of hydrogen-bond acceptors (Lipinski definition) is 5. The van der Waals surface area contributed by atoms with Crippen LogP contribution >= 0.6 is 0 Å². The highest BCUT2D eigenvalue weighted by Gasteiger charge is 2.55. The maximum atomic E-state index is 13.6. The van der Waals surface area contributed by atoms with E-state index in [0.717, 1.165) is 36.1 Å². The van der Waals surface area contributed by atoms with Gasteiger partial charge in [-0.15, -0.1) is 0 Å². The van der Waals surface area contributed by atoms with E-state index >= 15 is 0 Å². The monoisotopic (exact) mass is 463 g/mol. The summed E-state index contributed by atoms with van der Waals surface area (Å²) >= 11 is 0. The lowest BCUT2D eigenvalue weighted by molar-refractivity contribution is -0.156. The second kappa shape index (κ2) is 10.2. The van der Waals surface area contributed by atoms with Gasteiger partial charge in [0.2, 0.25) is 5.91 Å². The molecule has 0 bridgehead atoms. The molecule has 2 heterocycles. The summed E-state index contributed by atoms with van der Waals surface area (Å²) in [5.74, 6) is -0.534. The molecular formula is C26H33N5O3. The fourth-order valence-corrected chi connectivity index (χ4v) is 5.13. The Balaban J connectivity index is 1.54. The maximum absolute atomic E-state index is 13.6. The maximum Gasteiger partial charge on any atom is 0.325 e. The van der Waals surface area contributed by atoms with E-state index in [1.54, 1.807) is 25.4 Å². The van der Waals surface area contributed by atoms with Gasteiger partial charge in [0.05, 0.1) is 5.92 Å². The number of anilines is 2. The molecule has 0 spiro atoms. The van der Waals surface area contributed by atoms with Crippen LogP contribution in [0.5, 0.6) is 0 Å². The van der Waals surface area contributed by atoms with Crippen LogP contribution in [0.1, 0.15) is 44.6 Å². The predicted molar refractivity (Wildman–Crippen MR) is 131 cm³/mol. The molecule has 2 unspecified atom stereocenters. The third-order valence-corrected chi connectivity index (χ3v) is 7.17. The van der Waals surface area contributed by atoms with Crippen molar-refractivity contribution in [1.82, 2.24) is 15.2 Å². The number of urea groups is 1. The standard InChI is InChI=1S/C26H33N5O3/c1-17(19-9-5-3-6-10-19)29-26(34)31-23(25(33)30(2)20-11-7-4-8-12-20)21(24(31)32)15-18-13-14-28-22(27)16-18/h4,7-8,11-14,16-17,19,21,23H,3,5-6,9-10,15H2,1-2H3,(H2,27,28)(H,29,34)/t17?,21-,23?/m1/s1. The largest absolute Gasteiger partial charge is 0.384 e. The fourth-order valence-electron chi connectivity index (χ4n) is 5.13. The molecule has 4 amide bonds. The van der Waals surface area contributed by atoms with Crippen LogP contribution in [0.2, 0.25) is 0 Å². The molecule has 1 saturated heterocycles. The summed E-state index contributed by atoms with van der Waals surface area (Å²) in [5.41, 5.74) is 7.31. The van der Waals surface area contributed by atoms with Crippen LogP contribution in [0, 0.1) is 11.8 Å². The number of pyridine rings is 1. The van der Waals surface area contributed by atoms with Crippen LogP contribution in [-0.2, 0) is 16.0 Å². The number of nitrogens with two attached hydrogens (primary N) is 1. The number of rotatable bonds is 6. The molecule has 2 aromatic rings. The van der Waals surface area contributed by atoms with E-state index in [0.29, 0.717) is 23.8 Å². The molecule has 1 aromatic carbocycles. The van der Waals surface area contributed by atoms with Gasteiger partial charge in [0.25, 0.3) is 5.91 Å². The van der Waals surface area contributed by atoms with Crippen molar-refractivity contribution in [2.45, 2.75) is 57.5 Å². The summed E-state index contributed by atoms with van der Waals surface area (Å²) in [4.78, 5) is 46.5. The predicted octanol–water partition coefficient (Wildman–Crippen LogP) is 3.37. The first kappa shape index (κ1) is 23.7. The summed E-state index contributed by atoms with van der Waals surface area (Å²) in [5, 5.41) is 3.00. The number of amides is 4. The zero-order valence-corrected chi connectivity index (χ0v) is 19.8. The number of likely N-dealkylation sites (N-methyl/N-ethyl adjacent to an activating group) is 1. The third-order valence-electron chi connectivity index (χ3n) is 7.17. The number of aromatic nitrogens is 1.